The zero-order valence-corrected chi connectivity index (χ0v) is 6.65. The molecule has 48 valence electrons. The summed E-state index contributed by atoms with van der Waals surface area (Å²) < 4.78 is 0. The Morgan fingerprint density at radius 1 is 1.12 bits per heavy atom. The van der Waals surface area contributed by atoms with Crippen LogP contribution >= 0.6 is 0 Å². The maximum absolute atomic E-state index is 2.35. The van der Waals surface area contributed by atoms with Crippen molar-refractivity contribution in [3.63, 3.8) is 0 Å². The topological polar surface area (TPSA) is 0 Å². The maximum Gasteiger partial charge on any atom is 0.0997 e. The van der Waals surface area contributed by atoms with Gasteiger partial charge in [0.15, 0.2) is 0 Å². The highest BCUT2D eigenvalue weighted by atomic mass is 14.2. The van der Waals surface area contributed by atoms with Crippen molar-refractivity contribution in [2.75, 3.05) is 0 Å². The van der Waals surface area contributed by atoms with Crippen molar-refractivity contribution in [2.45, 2.75) is 34.6 Å². The van der Waals surface area contributed by atoms with E-state index in [-0.39, 0.29) is 0 Å². The summed E-state index contributed by atoms with van der Waals surface area (Å²) in [4.78, 5) is 0. The molecular formula is C8H17+. The van der Waals surface area contributed by atoms with E-state index in [4.69, 9.17) is 0 Å². The molecule has 0 aliphatic rings. The SMILES string of the molecule is CC(C)[CH+]C(C)(C)C. The Balaban J connectivity index is 3.39. The highest BCUT2D eigenvalue weighted by Crippen LogP contribution is 2.21. The molecule has 0 unspecified atom stereocenters. The average Bonchev–Trinajstić information content (AvgIpc) is 1.21. The number of rotatable bonds is 1. The first-order chi connectivity index (χ1) is 3.42. The average molecular weight is 113 g/mol. The quantitative estimate of drug-likeness (QED) is 0.459. The molecule has 0 spiro atoms. The van der Waals surface area contributed by atoms with Gasteiger partial charge in [0.2, 0.25) is 0 Å². The molecule has 8 heavy (non-hydrogen) atoms. The van der Waals surface area contributed by atoms with E-state index >= 15 is 0 Å². The van der Waals surface area contributed by atoms with E-state index in [0.717, 1.165) is 5.92 Å². The van der Waals surface area contributed by atoms with Gasteiger partial charge < -0.3 is 0 Å². The van der Waals surface area contributed by atoms with E-state index in [1.54, 1.807) is 0 Å². The number of hydrogen-bond acceptors (Lipinski definition) is 0. The monoisotopic (exact) mass is 113 g/mol. The van der Waals surface area contributed by atoms with Crippen LogP contribution in [0.15, 0.2) is 0 Å². The van der Waals surface area contributed by atoms with E-state index in [1.807, 2.05) is 0 Å². The molecule has 0 bridgehead atoms. The van der Waals surface area contributed by atoms with Gasteiger partial charge in [0, 0.05) is 0 Å². The van der Waals surface area contributed by atoms with Crippen LogP contribution in [0.1, 0.15) is 34.6 Å². The van der Waals surface area contributed by atoms with Crippen LogP contribution in [0.3, 0.4) is 0 Å². The number of hydrogen-bond donors (Lipinski definition) is 0. The molecule has 0 rings (SSSR count). The van der Waals surface area contributed by atoms with Gasteiger partial charge in [0.05, 0.1) is 17.8 Å². The van der Waals surface area contributed by atoms with Gasteiger partial charge in [-0.25, -0.2) is 0 Å². The molecular weight excluding hydrogens is 96.1 g/mol. The van der Waals surface area contributed by atoms with Crippen LogP contribution in [-0.4, -0.2) is 0 Å². The minimum atomic E-state index is 0.397. The Morgan fingerprint density at radius 3 is 1.50 bits per heavy atom. The van der Waals surface area contributed by atoms with E-state index in [9.17, 15) is 0 Å². The highest BCUT2D eigenvalue weighted by Gasteiger charge is 2.21. The van der Waals surface area contributed by atoms with Crippen molar-refractivity contribution in [3.8, 4) is 0 Å². The van der Waals surface area contributed by atoms with Crippen molar-refractivity contribution in [1.82, 2.24) is 0 Å². The normalized spacial score (nSPS) is 12.2. The molecule has 0 heteroatoms. The van der Waals surface area contributed by atoms with Crippen LogP contribution in [0.4, 0.5) is 0 Å². The summed E-state index contributed by atoms with van der Waals surface area (Å²) in [7, 11) is 0. The second-order valence-corrected chi connectivity index (χ2v) is 3.78. The minimum absolute atomic E-state index is 0.397. The van der Waals surface area contributed by atoms with Crippen molar-refractivity contribution in [1.29, 1.82) is 0 Å². The van der Waals surface area contributed by atoms with E-state index in [2.05, 4.69) is 41.0 Å². The van der Waals surface area contributed by atoms with Crippen LogP contribution in [0.5, 0.6) is 0 Å². The molecule has 0 aliphatic heterocycles. The van der Waals surface area contributed by atoms with Crippen LogP contribution in [0.2, 0.25) is 0 Å². The summed E-state index contributed by atoms with van der Waals surface area (Å²) in [5.74, 6) is 0.718. The lowest BCUT2D eigenvalue weighted by Gasteiger charge is -2.09. The standard InChI is InChI=1S/C8H17/c1-7(2)6-8(3,4)5/h6-7H,1-5H3/q+1. The molecule has 0 aromatic carbocycles. The fourth-order valence-corrected chi connectivity index (χ4v) is 1.00. The van der Waals surface area contributed by atoms with Crippen LogP contribution in [0, 0.1) is 17.8 Å². The third-order valence-electron chi connectivity index (χ3n) is 0.833. The van der Waals surface area contributed by atoms with Crippen molar-refractivity contribution < 1.29 is 0 Å². The molecule has 0 N–H and O–H groups in total. The Hall–Kier alpha value is -0.130. The lowest BCUT2D eigenvalue weighted by atomic mass is 9.86. The van der Waals surface area contributed by atoms with E-state index in [1.165, 1.54) is 0 Å². The Morgan fingerprint density at radius 2 is 1.50 bits per heavy atom. The molecule has 0 aromatic heterocycles. The van der Waals surface area contributed by atoms with Gasteiger partial charge in [0.25, 0.3) is 0 Å². The molecule has 0 fully saturated rings. The summed E-state index contributed by atoms with van der Waals surface area (Å²) >= 11 is 0. The first-order valence-electron chi connectivity index (χ1n) is 3.28. The third-order valence-corrected chi connectivity index (χ3v) is 0.833. The fourth-order valence-electron chi connectivity index (χ4n) is 1.00. The molecule has 0 amide bonds. The molecule has 0 aliphatic carbocycles. The molecule has 0 radical (unpaired) electrons. The summed E-state index contributed by atoms with van der Waals surface area (Å²) in [6.07, 6.45) is 2.35. The van der Waals surface area contributed by atoms with Crippen LogP contribution in [-0.2, 0) is 0 Å². The smallest absolute Gasteiger partial charge is 0.0217 e. The largest absolute Gasteiger partial charge is 0.0997 e. The Bertz CT molecular complexity index is 54.9. The van der Waals surface area contributed by atoms with Gasteiger partial charge in [-0.2, -0.15) is 0 Å². The summed E-state index contributed by atoms with van der Waals surface area (Å²) in [5, 5.41) is 0. The van der Waals surface area contributed by atoms with Crippen molar-refractivity contribution >= 4 is 0 Å². The summed E-state index contributed by atoms with van der Waals surface area (Å²) in [6.45, 7) is 11.1. The highest BCUT2D eigenvalue weighted by molar-refractivity contribution is 4.82. The first-order valence-corrected chi connectivity index (χ1v) is 3.28. The zero-order valence-electron chi connectivity index (χ0n) is 6.65. The van der Waals surface area contributed by atoms with Crippen molar-refractivity contribution in [3.05, 3.63) is 6.42 Å². The third kappa shape index (κ3) is 5.87. The van der Waals surface area contributed by atoms with Gasteiger partial charge >= 0.3 is 0 Å². The molecule has 0 heterocycles. The van der Waals surface area contributed by atoms with Gasteiger partial charge in [-0.1, -0.05) is 0 Å². The fraction of sp³-hybridized carbons (Fsp3) is 0.875. The minimum Gasteiger partial charge on any atom is -0.0217 e. The van der Waals surface area contributed by atoms with E-state index in [0.29, 0.717) is 5.41 Å². The van der Waals surface area contributed by atoms with Gasteiger partial charge in [-0.3, -0.25) is 0 Å². The Kier molecular flexibility index (Phi) is 2.39. The molecule has 0 atom stereocenters. The molecule has 0 aromatic rings. The molecule has 0 nitrogen and oxygen atoms in total. The lowest BCUT2D eigenvalue weighted by Crippen LogP contribution is -2.09. The summed E-state index contributed by atoms with van der Waals surface area (Å²) in [6, 6.07) is 0. The van der Waals surface area contributed by atoms with Gasteiger partial charge in [0.1, 0.15) is 0 Å². The predicted octanol–water partition coefficient (Wildman–Crippen LogP) is 2.89. The van der Waals surface area contributed by atoms with Crippen LogP contribution in [0.25, 0.3) is 0 Å². The molecule has 0 saturated carbocycles. The van der Waals surface area contributed by atoms with Crippen molar-refractivity contribution in [2.24, 2.45) is 11.3 Å². The van der Waals surface area contributed by atoms with E-state index < -0.39 is 0 Å². The second kappa shape index (κ2) is 2.43. The predicted molar refractivity (Wildman–Crippen MR) is 38.6 cm³/mol. The molecule has 0 saturated heterocycles. The van der Waals surface area contributed by atoms with Crippen LogP contribution < -0.4 is 0 Å². The summed E-state index contributed by atoms with van der Waals surface area (Å²) in [5.41, 5.74) is 0.397. The zero-order chi connectivity index (χ0) is 6.78. The Labute approximate surface area is 53.3 Å². The first kappa shape index (κ1) is 7.87. The van der Waals surface area contributed by atoms with Gasteiger partial charge in [-0.15, -0.1) is 0 Å². The van der Waals surface area contributed by atoms with Gasteiger partial charge in [-0.05, 0) is 34.6 Å². The maximum atomic E-state index is 2.35. The lowest BCUT2D eigenvalue weighted by molar-refractivity contribution is 0.438. The second-order valence-electron chi connectivity index (χ2n) is 3.78.